The average Bonchev–Trinajstić information content (AvgIpc) is 2.47. The zero-order chi connectivity index (χ0) is 15.6. The monoisotopic (exact) mass is 333 g/mol. The van der Waals surface area contributed by atoms with Gasteiger partial charge >= 0.3 is 0 Å². The third kappa shape index (κ3) is 3.34. The van der Waals surface area contributed by atoms with Gasteiger partial charge in [-0.05, 0) is 37.4 Å². The zero-order valence-corrected chi connectivity index (χ0v) is 12.8. The van der Waals surface area contributed by atoms with Crippen LogP contribution in [-0.2, 0) is 10.0 Å². The van der Waals surface area contributed by atoms with Crippen LogP contribution in [0.15, 0.2) is 23.1 Å². The summed E-state index contributed by atoms with van der Waals surface area (Å²) in [6.07, 6.45) is 1.33. The van der Waals surface area contributed by atoms with Crippen LogP contribution < -0.4 is 5.73 Å². The van der Waals surface area contributed by atoms with Crippen molar-refractivity contribution in [1.82, 2.24) is 4.31 Å². The molecule has 0 radical (unpaired) electrons. The van der Waals surface area contributed by atoms with Gasteiger partial charge in [-0.3, -0.25) is 10.1 Å². The molecule has 1 aromatic rings. The Balaban J connectivity index is 2.34. The first-order valence-electron chi connectivity index (χ1n) is 6.50. The Hall–Kier alpha value is -1.22. The highest BCUT2D eigenvalue weighted by molar-refractivity contribution is 7.89. The number of hydrogen-bond acceptors (Lipinski definition) is 5. The molecule has 1 heterocycles. The van der Waals surface area contributed by atoms with E-state index in [4.69, 9.17) is 17.3 Å². The lowest BCUT2D eigenvalue weighted by Crippen LogP contribution is -2.40. The highest BCUT2D eigenvalue weighted by atomic mass is 35.5. The standard InChI is InChI=1S/C12H16ClN3O4S/c13-10-1-2-12(11(7-10)16(17)18)21(19,20)15-5-3-9(8-14)4-6-15/h1-2,7,9H,3-6,8,14H2. The Bertz CT molecular complexity index is 642. The molecule has 2 rings (SSSR count). The number of nitrogens with two attached hydrogens (primary N) is 1. The van der Waals surface area contributed by atoms with Crippen molar-refractivity contribution < 1.29 is 13.3 Å². The summed E-state index contributed by atoms with van der Waals surface area (Å²) in [5, 5.41) is 11.2. The highest BCUT2D eigenvalue weighted by Crippen LogP contribution is 2.31. The molecule has 1 saturated heterocycles. The lowest BCUT2D eigenvalue weighted by molar-refractivity contribution is -0.387. The third-order valence-corrected chi connectivity index (χ3v) is 5.82. The fourth-order valence-electron chi connectivity index (χ4n) is 2.38. The minimum atomic E-state index is -3.89. The molecular formula is C12H16ClN3O4S. The first-order chi connectivity index (χ1) is 9.86. The van der Waals surface area contributed by atoms with Gasteiger partial charge in [-0.25, -0.2) is 8.42 Å². The molecule has 0 saturated carbocycles. The molecule has 1 aliphatic heterocycles. The second-order valence-electron chi connectivity index (χ2n) is 4.95. The van der Waals surface area contributed by atoms with Gasteiger partial charge in [0.2, 0.25) is 10.0 Å². The van der Waals surface area contributed by atoms with Crippen molar-refractivity contribution in [2.75, 3.05) is 19.6 Å². The molecule has 21 heavy (non-hydrogen) atoms. The number of nitro groups is 1. The Labute approximate surface area is 127 Å². The summed E-state index contributed by atoms with van der Waals surface area (Å²) in [6, 6.07) is 3.58. The van der Waals surface area contributed by atoms with Gasteiger partial charge in [-0.15, -0.1) is 0 Å². The van der Waals surface area contributed by atoms with Crippen molar-refractivity contribution in [3.63, 3.8) is 0 Å². The normalized spacial score (nSPS) is 17.8. The molecule has 0 unspecified atom stereocenters. The van der Waals surface area contributed by atoms with Gasteiger partial charge in [0.25, 0.3) is 5.69 Å². The largest absolute Gasteiger partial charge is 0.330 e. The number of benzene rings is 1. The smallest absolute Gasteiger partial charge is 0.290 e. The van der Waals surface area contributed by atoms with Crippen LogP contribution in [0.3, 0.4) is 0 Å². The van der Waals surface area contributed by atoms with E-state index in [0.29, 0.717) is 38.4 Å². The molecule has 0 bridgehead atoms. The minimum Gasteiger partial charge on any atom is -0.330 e. The molecule has 1 aliphatic rings. The van der Waals surface area contributed by atoms with Crippen LogP contribution in [0.2, 0.25) is 5.02 Å². The maximum absolute atomic E-state index is 12.6. The maximum atomic E-state index is 12.6. The van der Waals surface area contributed by atoms with E-state index in [0.717, 1.165) is 6.07 Å². The van der Waals surface area contributed by atoms with Crippen LogP contribution in [-0.4, -0.2) is 37.3 Å². The second kappa shape index (κ2) is 6.27. The van der Waals surface area contributed by atoms with Crippen molar-refractivity contribution in [2.24, 2.45) is 11.7 Å². The summed E-state index contributed by atoms with van der Waals surface area (Å²) in [7, 11) is -3.89. The quantitative estimate of drug-likeness (QED) is 0.665. The van der Waals surface area contributed by atoms with E-state index in [9.17, 15) is 18.5 Å². The van der Waals surface area contributed by atoms with Crippen LogP contribution in [0, 0.1) is 16.0 Å². The van der Waals surface area contributed by atoms with E-state index in [1.807, 2.05) is 0 Å². The predicted octanol–water partition coefficient (Wildman–Crippen LogP) is 1.61. The summed E-state index contributed by atoms with van der Waals surface area (Å²) in [5.74, 6) is 0.302. The van der Waals surface area contributed by atoms with Crippen molar-refractivity contribution in [3.05, 3.63) is 33.3 Å². The number of sulfonamides is 1. The van der Waals surface area contributed by atoms with E-state index >= 15 is 0 Å². The highest BCUT2D eigenvalue weighted by Gasteiger charge is 2.34. The first kappa shape index (κ1) is 16.2. The van der Waals surface area contributed by atoms with Gasteiger partial charge < -0.3 is 5.73 Å². The molecule has 1 aromatic carbocycles. The Morgan fingerprint density at radius 1 is 1.38 bits per heavy atom. The molecular weight excluding hydrogens is 318 g/mol. The average molecular weight is 334 g/mol. The number of piperidine rings is 1. The second-order valence-corrected chi connectivity index (χ2v) is 7.30. The summed E-state index contributed by atoms with van der Waals surface area (Å²) in [4.78, 5) is 10.0. The molecule has 7 nitrogen and oxygen atoms in total. The van der Waals surface area contributed by atoms with Crippen LogP contribution in [0.1, 0.15) is 12.8 Å². The van der Waals surface area contributed by atoms with Crippen LogP contribution in [0.4, 0.5) is 5.69 Å². The maximum Gasteiger partial charge on any atom is 0.290 e. The first-order valence-corrected chi connectivity index (χ1v) is 8.32. The van der Waals surface area contributed by atoms with Gasteiger partial charge in [0, 0.05) is 24.2 Å². The van der Waals surface area contributed by atoms with Crippen molar-refractivity contribution in [1.29, 1.82) is 0 Å². The third-order valence-electron chi connectivity index (χ3n) is 3.64. The predicted molar refractivity (Wildman–Crippen MR) is 78.6 cm³/mol. The van der Waals surface area contributed by atoms with E-state index in [1.54, 1.807) is 0 Å². The van der Waals surface area contributed by atoms with E-state index in [2.05, 4.69) is 0 Å². The van der Waals surface area contributed by atoms with E-state index < -0.39 is 20.6 Å². The van der Waals surface area contributed by atoms with Crippen LogP contribution in [0.25, 0.3) is 0 Å². The fraction of sp³-hybridized carbons (Fsp3) is 0.500. The van der Waals surface area contributed by atoms with Gasteiger partial charge in [0.05, 0.1) is 4.92 Å². The Morgan fingerprint density at radius 2 is 2.00 bits per heavy atom. The number of hydrogen-bond donors (Lipinski definition) is 1. The lowest BCUT2D eigenvalue weighted by Gasteiger charge is -2.30. The SMILES string of the molecule is NCC1CCN(S(=O)(=O)c2ccc(Cl)cc2[N+](=O)[O-])CC1. The van der Waals surface area contributed by atoms with Gasteiger partial charge in [0.15, 0.2) is 4.90 Å². The number of rotatable bonds is 4. The topological polar surface area (TPSA) is 107 Å². The number of nitro benzene ring substituents is 1. The molecule has 0 spiro atoms. The Morgan fingerprint density at radius 3 is 2.52 bits per heavy atom. The minimum absolute atomic E-state index is 0.127. The van der Waals surface area contributed by atoms with E-state index in [1.165, 1.54) is 16.4 Å². The van der Waals surface area contributed by atoms with Crippen molar-refractivity contribution >= 4 is 27.3 Å². The van der Waals surface area contributed by atoms with E-state index in [-0.39, 0.29) is 9.92 Å². The van der Waals surface area contributed by atoms with Crippen molar-refractivity contribution in [2.45, 2.75) is 17.7 Å². The summed E-state index contributed by atoms with van der Waals surface area (Å²) in [5.41, 5.74) is 5.08. The lowest BCUT2D eigenvalue weighted by atomic mass is 9.99. The van der Waals surface area contributed by atoms with Crippen LogP contribution >= 0.6 is 11.6 Å². The molecule has 1 fully saturated rings. The number of nitrogens with zero attached hydrogens (tertiary/aromatic N) is 2. The number of halogens is 1. The van der Waals surface area contributed by atoms with Crippen LogP contribution in [0.5, 0.6) is 0 Å². The molecule has 116 valence electrons. The zero-order valence-electron chi connectivity index (χ0n) is 11.2. The van der Waals surface area contributed by atoms with Crippen molar-refractivity contribution in [3.8, 4) is 0 Å². The van der Waals surface area contributed by atoms with Gasteiger partial charge in [-0.2, -0.15) is 4.31 Å². The van der Waals surface area contributed by atoms with Gasteiger partial charge in [-0.1, -0.05) is 11.6 Å². The molecule has 0 aromatic heterocycles. The summed E-state index contributed by atoms with van der Waals surface area (Å²) >= 11 is 5.71. The summed E-state index contributed by atoms with van der Waals surface area (Å²) in [6.45, 7) is 1.17. The summed E-state index contributed by atoms with van der Waals surface area (Å²) < 4.78 is 26.4. The van der Waals surface area contributed by atoms with Gasteiger partial charge in [0.1, 0.15) is 0 Å². The molecule has 2 N–H and O–H groups in total. The Kier molecular flexibility index (Phi) is 4.82. The molecule has 0 atom stereocenters. The molecule has 0 aliphatic carbocycles. The molecule has 0 amide bonds. The fourth-order valence-corrected chi connectivity index (χ4v) is 4.15. The molecule has 9 heteroatoms.